The first kappa shape index (κ1) is 20.2. The van der Waals surface area contributed by atoms with Crippen molar-refractivity contribution in [3.63, 3.8) is 0 Å². The Hall–Kier alpha value is -2.52. The molecule has 8 nitrogen and oxygen atoms in total. The summed E-state index contributed by atoms with van der Waals surface area (Å²) in [6.07, 6.45) is 2.29. The van der Waals surface area contributed by atoms with E-state index in [-0.39, 0.29) is 23.8 Å². The van der Waals surface area contributed by atoms with Gasteiger partial charge in [-0.2, -0.15) is 4.98 Å². The highest BCUT2D eigenvalue weighted by Gasteiger charge is 2.16. The van der Waals surface area contributed by atoms with Gasteiger partial charge in [0, 0.05) is 31.3 Å². The van der Waals surface area contributed by atoms with E-state index in [9.17, 15) is 13.2 Å². The third-order valence-corrected chi connectivity index (χ3v) is 5.92. The number of ether oxygens (including phenoxy) is 1. The van der Waals surface area contributed by atoms with Gasteiger partial charge in [0.2, 0.25) is 15.9 Å². The summed E-state index contributed by atoms with van der Waals surface area (Å²) in [6, 6.07) is 7.60. The minimum Gasteiger partial charge on any atom is -0.476 e. The molecule has 1 fully saturated rings. The molecule has 0 atom stereocenters. The molecule has 1 saturated heterocycles. The molecule has 150 valence electrons. The summed E-state index contributed by atoms with van der Waals surface area (Å²) in [4.78, 5) is 22.3. The van der Waals surface area contributed by atoms with Gasteiger partial charge in [-0.25, -0.2) is 18.1 Å². The summed E-state index contributed by atoms with van der Waals surface area (Å²) in [5.41, 5.74) is 0.468. The molecule has 9 heteroatoms. The molecule has 0 spiro atoms. The molecule has 1 N–H and O–H groups in total. The van der Waals surface area contributed by atoms with Gasteiger partial charge in [0.25, 0.3) is 0 Å². The molecule has 2 heterocycles. The van der Waals surface area contributed by atoms with Gasteiger partial charge in [-0.15, -0.1) is 0 Å². The molecule has 1 aromatic heterocycles. The molecule has 1 aliphatic heterocycles. The Kier molecular flexibility index (Phi) is 6.25. The molecule has 0 bridgehead atoms. The zero-order valence-electron chi connectivity index (χ0n) is 16.0. The van der Waals surface area contributed by atoms with Gasteiger partial charge in [0.15, 0.2) is 5.78 Å². The van der Waals surface area contributed by atoms with Crippen LogP contribution in [0.25, 0.3) is 0 Å². The van der Waals surface area contributed by atoms with Crippen molar-refractivity contribution in [2.45, 2.75) is 31.6 Å². The first-order valence-corrected chi connectivity index (χ1v) is 10.7. The molecule has 2 aromatic rings. The molecule has 1 aromatic carbocycles. The monoisotopic (exact) mass is 404 g/mol. The summed E-state index contributed by atoms with van der Waals surface area (Å²) in [6.45, 7) is 5.42. The largest absolute Gasteiger partial charge is 0.476 e. The Labute approximate surface area is 165 Å². The summed E-state index contributed by atoms with van der Waals surface area (Å²) < 4.78 is 32.8. The minimum absolute atomic E-state index is 0.0961. The number of hydrogen-bond donors (Lipinski definition) is 1. The van der Waals surface area contributed by atoms with E-state index >= 15 is 0 Å². The van der Waals surface area contributed by atoms with Gasteiger partial charge in [0.05, 0.1) is 4.90 Å². The molecule has 0 saturated carbocycles. The molecular formula is C19H24N4O4S. The van der Waals surface area contributed by atoms with E-state index in [2.05, 4.69) is 19.6 Å². The van der Waals surface area contributed by atoms with Crippen LogP contribution in [0.1, 0.15) is 35.9 Å². The average molecular weight is 404 g/mol. The van der Waals surface area contributed by atoms with Crippen molar-refractivity contribution < 1.29 is 17.9 Å². The summed E-state index contributed by atoms with van der Waals surface area (Å²) in [5.74, 6) is 1.77. The van der Waals surface area contributed by atoms with Crippen LogP contribution >= 0.6 is 0 Å². The standard InChI is InChI=1S/C19H24N4O4S/c1-14(24)16-5-7-17(8-6-16)28(25,26)20-9-12-27-19-13-18(21-15(2)22-19)23-10-3-4-11-23/h5-8,13,20H,3-4,9-12H2,1-2H3. The fourth-order valence-corrected chi connectivity index (χ4v) is 4.00. The van der Waals surface area contributed by atoms with Crippen LogP contribution in [-0.4, -0.2) is 50.4 Å². The highest BCUT2D eigenvalue weighted by Crippen LogP contribution is 2.21. The van der Waals surface area contributed by atoms with Gasteiger partial charge in [-0.05, 0) is 38.8 Å². The van der Waals surface area contributed by atoms with Crippen molar-refractivity contribution in [2.75, 3.05) is 31.1 Å². The van der Waals surface area contributed by atoms with Crippen molar-refractivity contribution >= 4 is 21.6 Å². The second-order valence-electron chi connectivity index (χ2n) is 6.63. The smallest absolute Gasteiger partial charge is 0.240 e. The number of carbonyl (C=O) groups excluding carboxylic acids is 1. The SMILES string of the molecule is CC(=O)c1ccc(S(=O)(=O)NCCOc2cc(N3CCCC3)nc(C)n2)cc1. The number of hydrogen-bond acceptors (Lipinski definition) is 7. The third-order valence-electron chi connectivity index (χ3n) is 4.45. The number of carbonyl (C=O) groups is 1. The van der Waals surface area contributed by atoms with Gasteiger partial charge in [-0.3, -0.25) is 4.79 Å². The van der Waals surface area contributed by atoms with E-state index in [1.807, 2.05) is 0 Å². The number of Topliss-reactive ketones (excluding diaryl/α,β-unsaturated/α-hetero) is 1. The van der Waals surface area contributed by atoms with Crippen LogP contribution in [0.2, 0.25) is 0 Å². The molecule has 28 heavy (non-hydrogen) atoms. The lowest BCUT2D eigenvalue weighted by molar-refractivity contribution is 0.101. The van der Waals surface area contributed by atoms with E-state index in [1.54, 1.807) is 13.0 Å². The molecule has 0 amide bonds. The number of sulfonamides is 1. The van der Waals surface area contributed by atoms with Crippen molar-refractivity contribution in [2.24, 2.45) is 0 Å². The van der Waals surface area contributed by atoms with Gasteiger partial charge in [0.1, 0.15) is 18.2 Å². The Morgan fingerprint density at radius 1 is 1.18 bits per heavy atom. The van der Waals surface area contributed by atoms with Crippen LogP contribution in [0.3, 0.4) is 0 Å². The number of benzene rings is 1. The zero-order chi connectivity index (χ0) is 20.1. The summed E-state index contributed by atoms with van der Waals surface area (Å²) >= 11 is 0. The fraction of sp³-hybridized carbons (Fsp3) is 0.421. The zero-order valence-corrected chi connectivity index (χ0v) is 16.8. The maximum atomic E-state index is 12.3. The maximum Gasteiger partial charge on any atom is 0.240 e. The van der Waals surface area contributed by atoms with Crippen LogP contribution in [0.4, 0.5) is 5.82 Å². The van der Waals surface area contributed by atoms with Gasteiger partial charge < -0.3 is 9.64 Å². The molecule has 0 aliphatic carbocycles. The van der Waals surface area contributed by atoms with Gasteiger partial charge >= 0.3 is 0 Å². The van der Waals surface area contributed by atoms with Crippen LogP contribution in [0.15, 0.2) is 35.2 Å². The highest BCUT2D eigenvalue weighted by molar-refractivity contribution is 7.89. The van der Waals surface area contributed by atoms with Crippen molar-refractivity contribution in [3.05, 3.63) is 41.7 Å². The normalized spacial score (nSPS) is 14.3. The number of nitrogens with zero attached hydrogens (tertiary/aromatic N) is 3. The first-order valence-electron chi connectivity index (χ1n) is 9.19. The van der Waals surface area contributed by atoms with E-state index in [0.29, 0.717) is 17.3 Å². The fourth-order valence-electron chi connectivity index (χ4n) is 2.99. The second kappa shape index (κ2) is 8.66. The predicted molar refractivity (Wildman–Crippen MR) is 105 cm³/mol. The third kappa shape index (κ3) is 5.05. The van der Waals surface area contributed by atoms with E-state index in [4.69, 9.17) is 4.74 Å². The van der Waals surface area contributed by atoms with Crippen molar-refractivity contribution in [1.82, 2.24) is 14.7 Å². The second-order valence-corrected chi connectivity index (χ2v) is 8.40. The molecule has 0 radical (unpaired) electrons. The Morgan fingerprint density at radius 2 is 1.86 bits per heavy atom. The summed E-state index contributed by atoms with van der Waals surface area (Å²) in [7, 11) is -3.67. The number of nitrogens with one attached hydrogen (secondary N) is 1. The predicted octanol–water partition coefficient (Wildman–Crippen LogP) is 1.95. The lowest BCUT2D eigenvalue weighted by Crippen LogP contribution is -2.28. The Balaban J connectivity index is 1.55. The minimum atomic E-state index is -3.67. The van der Waals surface area contributed by atoms with Crippen LogP contribution in [0, 0.1) is 6.92 Å². The quantitative estimate of drug-likeness (QED) is 0.530. The Bertz CT molecular complexity index is 939. The van der Waals surface area contributed by atoms with Crippen molar-refractivity contribution in [1.29, 1.82) is 0 Å². The first-order chi connectivity index (χ1) is 13.3. The highest BCUT2D eigenvalue weighted by atomic mass is 32.2. The number of anilines is 1. The molecular weight excluding hydrogens is 380 g/mol. The van der Waals surface area contributed by atoms with Crippen molar-refractivity contribution in [3.8, 4) is 5.88 Å². The Morgan fingerprint density at radius 3 is 2.50 bits per heavy atom. The molecule has 0 unspecified atom stereocenters. The number of aryl methyl sites for hydroxylation is 1. The summed E-state index contributed by atoms with van der Waals surface area (Å²) in [5, 5.41) is 0. The molecule has 3 rings (SSSR count). The van der Waals surface area contributed by atoms with Gasteiger partial charge in [-0.1, -0.05) is 12.1 Å². The maximum absolute atomic E-state index is 12.3. The average Bonchev–Trinajstić information content (AvgIpc) is 3.20. The number of aromatic nitrogens is 2. The van der Waals surface area contributed by atoms with Crippen LogP contribution in [0.5, 0.6) is 5.88 Å². The topological polar surface area (TPSA) is 101 Å². The lowest BCUT2D eigenvalue weighted by atomic mass is 10.2. The van der Waals surface area contributed by atoms with Crippen LogP contribution in [-0.2, 0) is 10.0 Å². The van der Waals surface area contributed by atoms with E-state index in [1.165, 1.54) is 31.2 Å². The number of ketones is 1. The lowest BCUT2D eigenvalue weighted by Gasteiger charge is -2.17. The van der Waals surface area contributed by atoms with E-state index in [0.717, 1.165) is 31.7 Å². The van der Waals surface area contributed by atoms with Crippen LogP contribution < -0.4 is 14.4 Å². The molecule has 1 aliphatic rings. The number of rotatable bonds is 8. The van der Waals surface area contributed by atoms with E-state index < -0.39 is 10.0 Å².